The minimum atomic E-state index is -3.27. The van der Waals surface area contributed by atoms with Crippen LogP contribution in [0.3, 0.4) is 0 Å². The molecule has 16 heavy (non-hydrogen) atoms. The summed E-state index contributed by atoms with van der Waals surface area (Å²) >= 11 is 4.66. The predicted octanol–water partition coefficient (Wildman–Crippen LogP) is 2.99. The summed E-state index contributed by atoms with van der Waals surface area (Å²) in [7, 11) is -3.27. The van der Waals surface area contributed by atoms with Crippen molar-refractivity contribution < 1.29 is 8.42 Å². The smallest absolute Gasteiger partial charge is 0.206 e. The van der Waals surface area contributed by atoms with Crippen molar-refractivity contribution in [2.45, 2.75) is 36.9 Å². The Kier molecular flexibility index (Phi) is 3.45. The van der Waals surface area contributed by atoms with Crippen molar-refractivity contribution in [2.75, 3.05) is 6.54 Å². The first-order chi connectivity index (χ1) is 7.46. The highest BCUT2D eigenvalue weighted by atomic mass is 79.9. The lowest BCUT2D eigenvalue weighted by Crippen LogP contribution is -2.32. The highest BCUT2D eigenvalue weighted by molar-refractivity contribution is 9.11. The molecule has 0 N–H and O–H groups in total. The maximum absolute atomic E-state index is 12.3. The quantitative estimate of drug-likeness (QED) is 0.854. The molecular formula is C10H14BrNO2S2. The number of rotatable bonds is 4. The molecule has 0 atom stereocenters. The predicted molar refractivity (Wildman–Crippen MR) is 69.3 cm³/mol. The van der Waals surface area contributed by atoms with Crippen LogP contribution in [0.2, 0.25) is 0 Å². The fourth-order valence-corrected chi connectivity index (χ4v) is 5.71. The zero-order chi connectivity index (χ0) is 11.9. The maximum atomic E-state index is 12.3. The first-order valence-electron chi connectivity index (χ1n) is 5.24. The third kappa shape index (κ3) is 2.20. The van der Waals surface area contributed by atoms with Crippen LogP contribution in [-0.4, -0.2) is 25.3 Å². The summed E-state index contributed by atoms with van der Waals surface area (Å²) in [5.41, 5.74) is 0.982. The molecule has 2 rings (SSSR count). The first kappa shape index (κ1) is 12.5. The standard InChI is InChI=1S/C10H14BrNO2S2/c1-3-12(8-4-5-8)16(13,14)9-6-7(2)10(11)15-9/h6,8H,3-5H2,1-2H3. The Morgan fingerprint density at radius 3 is 2.56 bits per heavy atom. The average molecular weight is 324 g/mol. The SMILES string of the molecule is CCN(C1CC1)S(=O)(=O)c1cc(C)c(Br)s1. The molecule has 1 fully saturated rings. The van der Waals surface area contributed by atoms with E-state index in [-0.39, 0.29) is 6.04 Å². The summed E-state index contributed by atoms with van der Waals surface area (Å²) in [6.45, 7) is 4.36. The molecule has 0 unspecified atom stereocenters. The van der Waals surface area contributed by atoms with Crippen LogP contribution in [0.25, 0.3) is 0 Å². The summed E-state index contributed by atoms with van der Waals surface area (Å²) in [4.78, 5) is 0. The van der Waals surface area contributed by atoms with E-state index in [0.29, 0.717) is 10.8 Å². The molecule has 0 amide bonds. The Hall–Kier alpha value is 0.0900. The first-order valence-corrected chi connectivity index (χ1v) is 8.29. The molecule has 1 aromatic heterocycles. The lowest BCUT2D eigenvalue weighted by molar-refractivity contribution is 0.422. The van der Waals surface area contributed by atoms with Gasteiger partial charge in [0.1, 0.15) is 4.21 Å². The van der Waals surface area contributed by atoms with Crippen LogP contribution in [0.5, 0.6) is 0 Å². The molecular weight excluding hydrogens is 310 g/mol. The molecule has 0 bridgehead atoms. The fraction of sp³-hybridized carbons (Fsp3) is 0.600. The average Bonchev–Trinajstić information content (AvgIpc) is 2.96. The number of hydrogen-bond acceptors (Lipinski definition) is 3. The van der Waals surface area contributed by atoms with Gasteiger partial charge in [0, 0.05) is 12.6 Å². The normalized spacial score (nSPS) is 17.0. The fourth-order valence-electron chi connectivity index (χ4n) is 1.66. The third-order valence-corrected chi connectivity index (χ3v) is 7.28. The Morgan fingerprint density at radius 1 is 1.56 bits per heavy atom. The van der Waals surface area contributed by atoms with Gasteiger partial charge in [-0.05, 0) is 47.3 Å². The Labute approximate surface area is 109 Å². The van der Waals surface area contributed by atoms with E-state index in [2.05, 4.69) is 15.9 Å². The summed E-state index contributed by atoms with van der Waals surface area (Å²) in [5, 5.41) is 0. The van der Waals surface area contributed by atoms with Crippen molar-refractivity contribution in [1.29, 1.82) is 0 Å². The number of sulfonamides is 1. The second-order valence-electron chi connectivity index (χ2n) is 3.96. The second kappa shape index (κ2) is 4.40. The summed E-state index contributed by atoms with van der Waals surface area (Å²) in [6.07, 6.45) is 2.00. The van der Waals surface area contributed by atoms with E-state index in [9.17, 15) is 8.42 Å². The van der Waals surface area contributed by atoms with Crippen LogP contribution in [0, 0.1) is 6.92 Å². The van der Waals surface area contributed by atoms with Crippen LogP contribution in [0.4, 0.5) is 0 Å². The van der Waals surface area contributed by atoms with Gasteiger partial charge in [-0.1, -0.05) is 6.92 Å². The van der Waals surface area contributed by atoms with Crippen LogP contribution in [0.1, 0.15) is 25.3 Å². The van der Waals surface area contributed by atoms with Gasteiger partial charge in [-0.3, -0.25) is 0 Å². The van der Waals surface area contributed by atoms with Crippen molar-refractivity contribution in [1.82, 2.24) is 4.31 Å². The van der Waals surface area contributed by atoms with E-state index < -0.39 is 10.0 Å². The van der Waals surface area contributed by atoms with Gasteiger partial charge < -0.3 is 0 Å². The largest absolute Gasteiger partial charge is 0.252 e. The molecule has 90 valence electrons. The van der Waals surface area contributed by atoms with Gasteiger partial charge >= 0.3 is 0 Å². The molecule has 1 aliphatic rings. The monoisotopic (exact) mass is 323 g/mol. The molecule has 0 aliphatic heterocycles. The summed E-state index contributed by atoms with van der Waals surface area (Å²) in [5.74, 6) is 0. The van der Waals surface area contributed by atoms with Crippen LogP contribution in [-0.2, 0) is 10.0 Å². The Morgan fingerprint density at radius 2 is 2.19 bits per heavy atom. The number of thiophene rings is 1. The van der Waals surface area contributed by atoms with E-state index in [4.69, 9.17) is 0 Å². The van der Waals surface area contributed by atoms with Crippen molar-refractivity contribution >= 4 is 37.3 Å². The Balaban J connectivity index is 2.37. The zero-order valence-electron chi connectivity index (χ0n) is 9.23. The highest BCUT2D eigenvalue weighted by Gasteiger charge is 2.37. The van der Waals surface area contributed by atoms with Gasteiger partial charge in [-0.25, -0.2) is 8.42 Å². The second-order valence-corrected chi connectivity index (χ2v) is 8.45. The number of halogens is 1. The molecule has 1 saturated carbocycles. The Bertz CT molecular complexity index is 471. The molecule has 6 heteroatoms. The van der Waals surface area contributed by atoms with Gasteiger partial charge in [0.25, 0.3) is 10.0 Å². The van der Waals surface area contributed by atoms with E-state index in [1.165, 1.54) is 11.3 Å². The molecule has 0 aromatic carbocycles. The van der Waals surface area contributed by atoms with Gasteiger partial charge in [-0.15, -0.1) is 11.3 Å². The van der Waals surface area contributed by atoms with Gasteiger partial charge in [-0.2, -0.15) is 4.31 Å². The van der Waals surface area contributed by atoms with Crippen LogP contribution < -0.4 is 0 Å². The third-order valence-electron chi connectivity index (χ3n) is 2.66. The summed E-state index contributed by atoms with van der Waals surface area (Å²) < 4.78 is 27.6. The van der Waals surface area contributed by atoms with Crippen molar-refractivity contribution in [2.24, 2.45) is 0 Å². The molecule has 1 heterocycles. The molecule has 1 aromatic rings. The van der Waals surface area contributed by atoms with E-state index in [1.54, 1.807) is 10.4 Å². The van der Waals surface area contributed by atoms with E-state index >= 15 is 0 Å². The van der Waals surface area contributed by atoms with Crippen molar-refractivity contribution in [3.05, 3.63) is 15.4 Å². The maximum Gasteiger partial charge on any atom is 0.252 e. The van der Waals surface area contributed by atoms with Gasteiger partial charge in [0.05, 0.1) is 3.79 Å². The minimum Gasteiger partial charge on any atom is -0.206 e. The molecule has 1 aliphatic carbocycles. The highest BCUT2D eigenvalue weighted by Crippen LogP contribution is 2.36. The number of aryl methyl sites for hydroxylation is 1. The van der Waals surface area contributed by atoms with E-state index in [1.807, 2.05) is 13.8 Å². The molecule has 0 spiro atoms. The molecule has 0 radical (unpaired) electrons. The summed E-state index contributed by atoms with van der Waals surface area (Å²) in [6, 6.07) is 1.98. The lowest BCUT2D eigenvalue weighted by Gasteiger charge is -2.18. The molecule has 3 nitrogen and oxygen atoms in total. The van der Waals surface area contributed by atoms with Crippen molar-refractivity contribution in [3.63, 3.8) is 0 Å². The number of nitrogens with zero attached hydrogens (tertiary/aromatic N) is 1. The van der Waals surface area contributed by atoms with Gasteiger partial charge in [0.2, 0.25) is 0 Å². The van der Waals surface area contributed by atoms with E-state index in [0.717, 1.165) is 22.2 Å². The van der Waals surface area contributed by atoms with Crippen LogP contribution in [0.15, 0.2) is 14.1 Å². The molecule has 0 saturated heterocycles. The van der Waals surface area contributed by atoms with Gasteiger partial charge in [0.15, 0.2) is 0 Å². The minimum absolute atomic E-state index is 0.233. The van der Waals surface area contributed by atoms with Crippen molar-refractivity contribution in [3.8, 4) is 0 Å². The lowest BCUT2D eigenvalue weighted by atomic mass is 10.4. The van der Waals surface area contributed by atoms with Crippen LogP contribution >= 0.6 is 27.3 Å². The number of hydrogen-bond donors (Lipinski definition) is 0. The zero-order valence-corrected chi connectivity index (χ0v) is 12.5. The topological polar surface area (TPSA) is 37.4 Å².